The summed E-state index contributed by atoms with van der Waals surface area (Å²) in [5.41, 5.74) is 13.7. The van der Waals surface area contributed by atoms with Gasteiger partial charge in [-0.1, -0.05) is 36.4 Å². The van der Waals surface area contributed by atoms with Crippen LogP contribution in [0, 0.1) is 6.92 Å². The predicted octanol–water partition coefficient (Wildman–Crippen LogP) is 4.42. The average molecular weight is 407 g/mol. The van der Waals surface area contributed by atoms with Gasteiger partial charge in [-0.25, -0.2) is 4.98 Å². The Balaban J connectivity index is 1.74. The van der Waals surface area contributed by atoms with Gasteiger partial charge in [-0.2, -0.15) is 0 Å². The van der Waals surface area contributed by atoms with E-state index in [4.69, 9.17) is 5.73 Å². The minimum atomic E-state index is -0.412. The molecule has 0 aliphatic heterocycles. The first-order valence-corrected chi connectivity index (χ1v) is 10.2. The van der Waals surface area contributed by atoms with Crippen LogP contribution < -0.4 is 11.3 Å². The summed E-state index contributed by atoms with van der Waals surface area (Å²) in [5, 5.41) is 0.584. The molecule has 5 nitrogen and oxygen atoms in total. The molecule has 1 aliphatic rings. The SMILES string of the molecule is CC1=CCc2c(C(N)=O)ccc(-c3cccc(-n4cnc5ccccc5c4=O)c3C)c21. The van der Waals surface area contributed by atoms with E-state index in [2.05, 4.69) is 18.0 Å². The number of rotatable bonds is 3. The number of hydrogen-bond acceptors (Lipinski definition) is 3. The van der Waals surface area contributed by atoms with Gasteiger partial charge >= 0.3 is 0 Å². The number of primary amides is 1. The summed E-state index contributed by atoms with van der Waals surface area (Å²) >= 11 is 0. The quantitative estimate of drug-likeness (QED) is 0.546. The van der Waals surface area contributed by atoms with Gasteiger partial charge < -0.3 is 5.73 Å². The van der Waals surface area contributed by atoms with Crippen molar-refractivity contribution >= 4 is 22.4 Å². The van der Waals surface area contributed by atoms with Gasteiger partial charge in [0.15, 0.2) is 0 Å². The molecule has 0 spiro atoms. The van der Waals surface area contributed by atoms with Gasteiger partial charge in [0, 0.05) is 5.56 Å². The fraction of sp³-hybridized carbons (Fsp3) is 0.115. The first-order valence-electron chi connectivity index (χ1n) is 10.2. The van der Waals surface area contributed by atoms with Crippen LogP contribution in [-0.2, 0) is 6.42 Å². The van der Waals surface area contributed by atoms with E-state index in [9.17, 15) is 9.59 Å². The number of fused-ring (bicyclic) bond motifs is 2. The number of benzene rings is 3. The maximum Gasteiger partial charge on any atom is 0.265 e. The van der Waals surface area contributed by atoms with Crippen molar-refractivity contribution in [2.45, 2.75) is 20.3 Å². The van der Waals surface area contributed by atoms with Crippen LogP contribution in [0.4, 0.5) is 0 Å². The number of aromatic nitrogens is 2. The van der Waals surface area contributed by atoms with Gasteiger partial charge in [0.05, 0.1) is 16.6 Å². The van der Waals surface area contributed by atoms with Gasteiger partial charge in [0.2, 0.25) is 5.91 Å². The van der Waals surface area contributed by atoms with Gasteiger partial charge in [-0.3, -0.25) is 14.2 Å². The van der Waals surface area contributed by atoms with Crippen molar-refractivity contribution in [3.63, 3.8) is 0 Å². The molecule has 0 atom stereocenters. The van der Waals surface area contributed by atoms with Crippen LogP contribution in [0.3, 0.4) is 0 Å². The molecule has 1 amide bonds. The molecular formula is C26H21N3O2. The van der Waals surface area contributed by atoms with E-state index < -0.39 is 5.91 Å². The van der Waals surface area contributed by atoms with Gasteiger partial charge in [0.25, 0.3) is 5.56 Å². The largest absolute Gasteiger partial charge is 0.366 e. The molecular weight excluding hydrogens is 386 g/mol. The van der Waals surface area contributed by atoms with Crippen molar-refractivity contribution in [2.75, 3.05) is 0 Å². The van der Waals surface area contributed by atoms with Gasteiger partial charge in [-0.15, -0.1) is 0 Å². The van der Waals surface area contributed by atoms with E-state index in [-0.39, 0.29) is 5.56 Å². The number of carbonyl (C=O) groups is 1. The Kier molecular flexibility index (Phi) is 4.33. The molecule has 4 aromatic rings. The zero-order valence-electron chi connectivity index (χ0n) is 17.3. The van der Waals surface area contributed by atoms with E-state index >= 15 is 0 Å². The second-order valence-electron chi connectivity index (χ2n) is 7.86. The fourth-order valence-corrected chi connectivity index (χ4v) is 4.54. The molecule has 0 bridgehead atoms. The second kappa shape index (κ2) is 7.06. The van der Waals surface area contributed by atoms with Crippen molar-refractivity contribution in [2.24, 2.45) is 5.73 Å². The summed E-state index contributed by atoms with van der Waals surface area (Å²) in [6.07, 6.45) is 4.40. The van der Waals surface area contributed by atoms with E-state index in [0.29, 0.717) is 22.9 Å². The number of nitrogens with zero attached hydrogens (tertiary/aromatic N) is 2. The summed E-state index contributed by atoms with van der Waals surface area (Å²) in [6, 6.07) is 17.0. The number of allylic oxidation sites excluding steroid dienone is 2. The highest BCUT2D eigenvalue weighted by Crippen LogP contribution is 2.39. The molecule has 0 fully saturated rings. The van der Waals surface area contributed by atoms with E-state index in [1.807, 2.05) is 49.4 Å². The van der Waals surface area contributed by atoms with Crippen LogP contribution in [0.1, 0.15) is 34.0 Å². The molecule has 1 aromatic heterocycles. The normalized spacial score (nSPS) is 12.6. The van der Waals surface area contributed by atoms with Gasteiger partial charge in [-0.05, 0) is 77.9 Å². The molecule has 5 heteroatoms. The molecule has 5 rings (SSSR count). The van der Waals surface area contributed by atoms with Crippen molar-refractivity contribution < 1.29 is 4.79 Å². The van der Waals surface area contributed by atoms with Crippen molar-refractivity contribution in [1.82, 2.24) is 9.55 Å². The third-order valence-electron chi connectivity index (χ3n) is 6.11. The monoisotopic (exact) mass is 407 g/mol. The Hall–Kier alpha value is -3.99. The van der Waals surface area contributed by atoms with E-state index in [1.165, 1.54) is 0 Å². The van der Waals surface area contributed by atoms with Crippen LogP contribution >= 0.6 is 0 Å². The van der Waals surface area contributed by atoms with Crippen LogP contribution in [-0.4, -0.2) is 15.5 Å². The number of amides is 1. The van der Waals surface area contributed by atoms with Crippen LogP contribution in [0.15, 0.2) is 71.8 Å². The van der Waals surface area contributed by atoms with Crippen LogP contribution in [0.2, 0.25) is 0 Å². The summed E-state index contributed by atoms with van der Waals surface area (Å²) in [4.78, 5) is 29.5. The zero-order valence-corrected chi connectivity index (χ0v) is 17.3. The Labute approximate surface area is 179 Å². The molecule has 1 aliphatic carbocycles. The van der Waals surface area contributed by atoms with Crippen molar-refractivity contribution in [1.29, 1.82) is 0 Å². The van der Waals surface area contributed by atoms with E-state index in [0.717, 1.165) is 39.1 Å². The standard InChI is InChI=1S/C26H21N3O2/c1-15-10-11-19-20(25(27)30)13-12-18(24(15)19)17-7-5-9-23(16(17)2)29-14-28-22-8-4-3-6-21(22)26(29)31/h3-10,12-14H,11H2,1-2H3,(H2,27,30). The zero-order chi connectivity index (χ0) is 21.7. The minimum Gasteiger partial charge on any atom is -0.366 e. The molecule has 2 N–H and O–H groups in total. The smallest absolute Gasteiger partial charge is 0.265 e. The lowest BCUT2D eigenvalue weighted by Gasteiger charge is -2.18. The highest BCUT2D eigenvalue weighted by Gasteiger charge is 2.23. The predicted molar refractivity (Wildman–Crippen MR) is 123 cm³/mol. The van der Waals surface area contributed by atoms with Crippen LogP contribution in [0.25, 0.3) is 33.3 Å². The summed E-state index contributed by atoms with van der Waals surface area (Å²) < 4.78 is 1.60. The number of para-hydroxylation sites is 1. The Morgan fingerprint density at radius 1 is 1.00 bits per heavy atom. The molecule has 1 heterocycles. The molecule has 0 saturated carbocycles. The third kappa shape index (κ3) is 2.89. The maximum absolute atomic E-state index is 13.2. The van der Waals surface area contributed by atoms with E-state index in [1.54, 1.807) is 23.0 Å². The van der Waals surface area contributed by atoms with Gasteiger partial charge in [0.1, 0.15) is 6.33 Å². The lowest BCUT2D eigenvalue weighted by Crippen LogP contribution is -2.19. The maximum atomic E-state index is 13.2. The molecule has 0 radical (unpaired) electrons. The number of nitrogens with two attached hydrogens (primary N) is 1. The average Bonchev–Trinajstić information content (AvgIpc) is 3.16. The first-order chi connectivity index (χ1) is 15.0. The topological polar surface area (TPSA) is 78.0 Å². The van der Waals surface area contributed by atoms with Crippen molar-refractivity contribution in [3.05, 3.63) is 99.6 Å². The summed E-state index contributed by atoms with van der Waals surface area (Å²) in [5.74, 6) is -0.412. The lowest BCUT2D eigenvalue weighted by molar-refractivity contribution is 0.0999. The lowest BCUT2D eigenvalue weighted by atomic mass is 9.88. The molecule has 31 heavy (non-hydrogen) atoms. The Morgan fingerprint density at radius 2 is 1.81 bits per heavy atom. The third-order valence-corrected chi connectivity index (χ3v) is 6.11. The minimum absolute atomic E-state index is 0.101. The molecule has 0 saturated heterocycles. The Bertz CT molecular complexity index is 1480. The molecule has 3 aromatic carbocycles. The molecule has 0 unspecified atom stereocenters. The fourth-order valence-electron chi connectivity index (χ4n) is 4.54. The summed E-state index contributed by atoms with van der Waals surface area (Å²) in [7, 11) is 0. The first kappa shape index (κ1) is 19.0. The molecule has 152 valence electrons. The Morgan fingerprint density at radius 3 is 2.61 bits per heavy atom. The second-order valence-corrected chi connectivity index (χ2v) is 7.86. The summed E-state index contributed by atoms with van der Waals surface area (Å²) in [6.45, 7) is 4.06. The van der Waals surface area contributed by atoms with Crippen LogP contribution in [0.5, 0.6) is 0 Å². The highest BCUT2D eigenvalue weighted by atomic mass is 16.1. The highest BCUT2D eigenvalue weighted by molar-refractivity contribution is 5.99. The van der Waals surface area contributed by atoms with Crippen molar-refractivity contribution in [3.8, 4) is 16.8 Å². The number of hydrogen-bond donors (Lipinski definition) is 1. The number of carbonyl (C=O) groups excluding carboxylic acids is 1.